The van der Waals surface area contributed by atoms with Crippen LogP contribution in [-0.2, 0) is 42.7 Å². The summed E-state index contributed by atoms with van der Waals surface area (Å²) in [7, 11) is -3.74. The van der Waals surface area contributed by atoms with Gasteiger partial charge in [0.2, 0.25) is 0 Å². The summed E-state index contributed by atoms with van der Waals surface area (Å²) in [5.74, 6) is 0.487. The van der Waals surface area contributed by atoms with Crippen LogP contribution in [0, 0.1) is 0 Å². The van der Waals surface area contributed by atoms with Gasteiger partial charge in [0.15, 0.2) is 0 Å². The minimum absolute atomic E-state index is 0.0484. The first-order chi connectivity index (χ1) is 15.2. The normalized spacial score (nSPS) is 11.8. The number of rotatable bonds is 22. The zero-order chi connectivity index (χ0) is 22.5. The third-order valence-corrected chi connectivity index (χ3v) is 5.06. The molecule has 0 aromatic heterocycles. The van der Waals surface area contributed by atoms with E-state index in [1.54, 1.807) is 18.2 Å². The number of alkyl halides is 1. The van der Waals surface area contributed by atoms with Crippen LogP contribution >= 0.6 is 11.6 Å². The summed E-state index contributed by atoms with van der Waals surface area (Å²) >= 11 is 5.48. The van der Waals surface area contributed by atoms with Crippen LogP contribution in [0.4, 0.5) is 0 Å². The zero-order valence-electron chi connectivity index (χ0n) is 17.7. The summed E-state index contributed by atoms with van der Waals surface area (Å²) in [4.78, 5) is 0.126. The molecule has 0 saturated heterocycles. The van der Waals surface area contributed by atoms with Crippen LogP contribution in [0.15, 0.2) is 35.2 Å². The van der Waals surface area contributed by atoms with Crippen molar-refractivity contribution in [3.63, 3.8) is 0 Å². The van der Waals surface area contributed by atoms with Crippen molar-refractivity contribution in [2.45, 2.75) is 4.90 Å². The summed E-state index contributed by atoms with van der Waals surface area (Å²) in [6.45, 7) is 5.30. The zero-order valence-corrected chi connectivity index (χ0v) is 19.3. The van der Waals surface area contributed by atoms with E-state index in [0.29, 0.717) is 78.6 Å². The predicted molar refractivity (Wildman–Crippen MR) is 115 cm³/mol. The van der Waals surface area contributed by atoms with E-state index in [2.05, 4.69) is 0 Å². The highest BCUT2D eigenvalue weighted by Gasteiger charge is 2.13. The summed E-state index contributed by atoms with van der Waals surface area (Å²) in [5.41, 5.74) is 0. The lowest BCUT2D eigenvalue weighted by Crippen LogP contribution is -2.15. The molecule has 0 aliphatic carbocycles. The lowest BCUT2D eigenvalue weighted by molar-refractivity contribution is -0.0171. The van der Waals surface area contributed by atoms with Gasteiger partial charge in [-0.25, -0.2) is 0 Å². The van der Waals surface area contributed by atoms with Gasteiger partial charge in [-0.05, 0) is 12.1 Å². The summed E-state index contributed by atoms with van der Waals surface area (Å²) in [6, 6.07) is 7.98. The summed E-state index contributed by atoms with van der Waals surface area (Å²) in [6.07, 6.45) is 0. The fraction of sp³-hybridized carbons (Fsp3) is 0.700. The predicted octanol–water partition coefficient (Wildman–Crippen LogP) is 1.73. The van der Waals surface area contributed by atoms with Crippen LogP contribution in [0.25, 0.3) is 0 Å². The largest absolute Gasteiger partial charge is 0.378 e. The molecule has 0 saturated carbocycles. The monoisotopic (exact) mass is 484 g/mol. The molecule has 1 aromatic carbocycles. The molecule has 0 N–H and O–H groups in total. The van der Waals surface area contributed by atoms with E-state index in [1.807, 2.05) is 0 Å². The van der Waals surface area contributed by atoms with E-state index in [0.717, 1.165) is 0 Å². The minimum Gasteiger partial charge on any atom is -0.378 e. The molecule has 0 fully saturated rings. The van der Waals surface area contributed by atoms with Crippen molar-refractivity contribution in [3.8, 4) is 0 Å². The van der Waals surface area contributed by atoms with Crippen molar-refractivity contribution < 1.29 is 41.0 Å². The molecule has 0 unspecified atom stereocenters. The first-order valence-corrected chi connectivity index (χ1v) is 12.1. The van der Waals surface area contributed by atoms with Crippen molar-refractivity contribution in [1.82, 2.24) is 0 Å². The van der Waals surface area contributed by atoms with E-state index < -0.39 is 10.1 Å². The molecule has 0 atom stereocenters. The molecule has 0 aliphatic rings. The highest BCUT2D eigenvalue weighted by molar-refractivity contribution is 7.86. The van der Waals surface area contributed by atoms with Crippen molar-refractivity contribution in [1.29, 1.82) is 0 Å². The molecule has 0 aliphatic heterocycles. The van der Waals surface area contributed by atoms with E-state index in [9.17, 15) is 8.42 Å². The minimum atomic E-state index is -3.74. The Morgan fingerprint density at radius 3 is 1.29 bits per heavy atom. The average Bonchev–Trinajstić information content (AvgIpc) is 2.78. The van der Waals surface area contributed by atoms with Gasteiger partial charge in [-0.3, -0.25) is 4.18 Å². The van der Waals surface area contributed by atoms with Crippen molar-refractivity contribution in [2.24, 2.45) is 0 Å². The standard InChI is InChI=1S/C20H33ClO9S/c21-6-7-24-8-9-25-10-11-26-12-13-27-14-15-28-16-17-29-18-19-30-31(22,23)20-4-2-1-3-5-20/h1-5H,6-19H2. The Labute approximate surface area is 189 Å². The lowest BCUT2D eigenvalue weighted by atomic mass is 10.4. The maximum Gasteiger partial charge on any atom is 0.297 e. The van der Waals surface area contributed by atoms with Crippen molar-refractivity contribution >= 4 is 21.7 Å². The topological polar surface area (TPSA) is 98.8 Å². The Kier molecular flexibility index (Phi) is 18.1. The van der Waals surface area contributed by atoms with Gasteiger partial charge in [-0.1, -0.05) is 18.2 Å². The fourth-order valence-electron chi connectivity index (χ4n) is 2.11. The summed E-state index contributed by atoms with van der Waals surface area (Å²) in [5, 5.41) is 0. The van der Waals surface area contributed by atoms with E-state index in [-0.39, 0.29) is 18.1 Å². The van der Waals surface area contributed by atoms with Gasteiger partial charge in [0.25, 0.3) is 10.1 Å². The molecule has 1 aromatic rings. The number of ether oxygens (including phenoxy) is 6. The van der Waals surface area contributed by atoms with Gasteiger partial charge in [0.05, 0.1) is 90.8 Å². The second kappa shape index (κ2) is 19.8. The Hall–Kier alpha value is -0.820. The molecular weight excluding hydrogens is 452 g/mol. The molecule has 0 bridgehead atoms. The molecule has 0 spiro atoms. The van der Waals surface area contributed by atoms with Gasteiger partial charge in [0, 0.05) is 5.88 Å². The van der Waals surface area contributed by atoms with Gasteiger partial charge >= 0.3 is 0 Å². The highest BCUT2D eigenvalue weighted by Crippen LogP contribution is 2.10. The smallest absolute Gasteiger partial charge is 0.297 e. The SMILES string of the molecule is O=S(=O)(OCCOCCOCCOCCOCCOCCOCCCl)c1ccccc1. The third kappa shape index (κ3) is 16.5. The van der Waals surface area contributed by atoms with Gasteiger partial charge in [-0.2, -0.15) is 8.42 Å². The van der Waals surface area contributed by atoms with Gasteiger partial charge in [0.1, 0.15) is 0 Å². The van der Waals surface area contributed by atoms with Crippen molar-refractivity contribution in [2.75, 3.05) is 91.8 Å². The van der Waals surface area contributed by atoms with Crippen molar-refractivity contribution in [3.05, 3.63) is 30.3 Å². The Balaban J connectivity index is 1.77. The molecule has 1 rings (SSSR count). The first kappa shape index (κ1) is 28.2. The second-order valence-electron chi connectivity index (χ2n) is 5.95. The van der Waals surface area contributed by atoms with Crippen LogP contribution < -0.4 is 0 Å². The number of hydrogen-bond donors (Lipinski definition) is 0. The van der Waals surface area contributed by atoms with E-state index >= 15 is 0 Å². The lowest BCUT2D eigenvalue weighted by Gasteiger charge is -2.08. The summed E-state index contributed by atoms with van der Waals surface area (Å²) < 4.78 is 60.6. The van der Waals surface area contributed by atoms with Gasteiger partial charge < -0.3 is 28.4 Å². The average molecular weight is 485 g/mol. The van der Waals surface area contributed by atoms with Crippen LogP contribution in [0.2, 0.25) is 0 Å². The third-order valence-electron chi connectivity index (χ3n) is 3.58. The number of benzene rings is 1. The first-order valence-electron chi connectivity index (χ1n) is 10.1. The van der Waals surface area contributed by atoms with E-state index in [1.165, 1.54) is 12.1 Å². The molecule has 0 radical (unpaired) electrons. The van der Waals surface area contributed by atoms with Crippen LogP contribution in [-0.4, -0.2) is 100 Å². The fourth-order valence-corrected chi connectivity index (χ4v) is 3.14. The van der Waals surface area contributed by atoms with Crippen LogP contribution in [0.3, 0.4) is 0 Å². The maximum atomic E-state index is 11.9. The van der Waals surface area contributed by atoms with Crippen LogP contribution in [0.5, 0.6) is 0 Å². The highest BCUT2D eigenvalue weighted by atomic mass is 35.5. The molecule has 180 valence electrons. The van der Waals surface area contributed by atoms with E-state index in [4.69, 9.17) is 44.2 Å². The molecule has 9 nitrogen and oxygen atoms in total. The molecule has 31 heavy (non-hydrogen) atoms. The molecule has 0 heterocycles. The Bertz CT molecular complexity index is 616. The number of halogens is 1. The molecular formula is C20H33ClO9S. The quantitative estimate of drug-likeness (QED) is 0.138. The second-order valence-corrected chi connectivity index (χ2v) is 7.95. The van der Waals surface area contributed by atoms with Crippen LogP contribution in [0.1, 0.15) is 0 Å². The number of hydrogen-bond acceptors (Lipinski definition) is 9. The van der Waals surface area contributed by atoms with Gasteiger partial charge in [-0.15, -0.1) is 11.6 Å². The Morgan fingerprint density at radius 1 is 0.548 bits per heavy atom. The Morgan fingerprint density at radius 2 is 0.903 bits per heavy atom. The maximum absolute atomic E-state index is 11.9. The molecule has 11 heteroatoms. The molecule has 0 amide bonds.